The van der Waals surface area contributed by atoms with Crippen molar-refractivity contribution >= 4 is 23.7 Å². The Morgan fingerprint density at radius 3 is 2.54 bits per heavy atom. The van der Waals surface area contributed by atoms with E-state index in [0.29, 0.717) is 10.8 Å². The number of aromatic nitrogens is 2. The first kappa shape index (κ1) is 17.5. The molecule has 1 heterocycles. The average molecular weight is 351 g/mol. The minimum absolute atomic E-state index is 0.161. The number of ether oxygens (including phenoxy) is 1. The van der Waals surface area contributed by atoms with Crippen LogP contribution in [0.1, 0.15) is 16.8 Å². The standard InChI is InChI=1S/C15H15ClN4O4/c1-8-3-11(4-9(2)14(8)16)24-7-13(22)20-17-6-10-5-12(21)19-15(23)18-10/h3-6H,7H2,1-2H3,(H,20,22)(H2,18,19,21,23)/b17-6+. The molecule has 126 valence electrons. The number of hydrogen-bond donors (Lipinski definition) is 3. The normalized spacial score (nSPS) is 10.8. The van der Waals surface area contributed by atoms with E-state index in [4.69, 9.17) is 16.3 Å². The van der Waals surface area contributed by atoms with Crippen molar-refractivity contribution in [1.82, 2.24) is 15.4 Å². The van der Waals surface area contributed by atoms with Crippen LogP contribution in [0.2, 0.25) is 5.02 Å². The van der Waals surface area contributed by atoms with Gasteiger partial charge in [0, 0.05) is 11.1 Å². The predicted octanol–water partition coefficient (Wildman–Crippen LogP) is 0.863. The monoisotopic (exact) mass is 350 g/mol. The molecule has 0 fully saturated rings. The van der Waals surface area contributed by atoms with Crippen LogP contribution < -0.4 is 21.4 Å². The highest BCUT2D eigenvalue weighted by Gasteiger charge is 2.06. The molecule has 1 aromatic heterocycles. The highest BCUT2D eigenvalue weighted by Crippen LogP contribution is 2.25. The molecule has 0 radical (unpaired) electrons. The van der Waals surface area contributed by atoms with E-state index in [2.05, 4.69) is 15.5 Å². The number of H-pyrrole nitrogens is 2. The molecule has 0 spiro atoms. The van der Waals surface area contributed by atoms with E-state index >= 15 is 0 Å². The van der Waals surface area contributed by atoms with Gasteiger partial charge in [-0.2, -0.15) is 5.10 Å². The maximum atomic E-state index is 11.7. The smallest absolute Gasteiger partial charge is 0.326 e. The molecule has 2 aromatic rings. The van der Waals surface area contributed by atoms with Crippen LogP contribution in [0.4, 0.5) is 0 Å². The van der Waals surface area contributed by atoms with Crippen LogP contribution in [0, 0.1) is 13.8 Å². The first-order valence-corrected chi connectivity index (χ1v) is 7.28. The summed E-state index contributed by atoms with van der Waals surface area (Å²) in [6, 6.07) is 4.59. The van der Waals surface area contributed by atoms with Crippen molar-refractivity contribution in [3.8, 4) is 5.75 Å². The summed E-state index contributed by atoms with van der Waals surface area (Å²) in [7, 11) is 0. The van der Waals surface area contributed by atoms with E-state index in [-0.39, 0.29) is 12.3 Å². The lowest BCUT2D eigenvalue weighted by atomic mass is 10.1. The summed E-state index contributed by atoms with van der Waals surface area (Å²) >= 11 is 6.06. The number of carbonyl (C=O) groups is 1. The number of nitrogens with one attached hydrogen (secondary N) is 3. The highest BCUT2D eigenvalue weighted by molar-refractivity contribution is 6.32. The molecule has 0 bridgehead atoms. The van der Waals surface area contributed by atoms with E-state index < -0.39 is 17.2 Å². The fourth-order valence-electron chi connectivity index (χ4n) is 1.90. The third kappa shape index (κ3) is 4.82. The van der Waals surface area contributed by atoms with Gasteiger partial charge in [0.05, 0.1) is 11.9 Å². The second kappa shape index (κ2) is 7.60. The van der Waals surface area contributed by atoms with Gasteiger partial charge < -0.3 is 9.72 Å². The minimum Gasteiger partial charge on any atom is -0.484 e. The van der Waals surface area contributed by atoms with E-state index in [1.165, 1.54) is 0 Å². The van der Waals surface area contributed by atoms with Gasteiger partial charge in [0.25, 0.3) is 11.5 Å². The molecule has 0 unspecified atom stereocenters. The van der Waals surface area contributed by atoms with Gasteiger partial charge in [0.15, 0.2) is 6.61 Å². The van der Waals surface area contributed by atoms with Crippen LogP contribution in [0.5, 0.6) is 5.75 Å². The Balaban J connectivity index is 1.91. The summed E-state index contributed by atoms with van der Waals surface area (Å²) in [5.41, 5.74) is 2.86. The Morgan fingerprint density at radius 1 is 1.25 bits per heavy atom. The molecule has 0 atom stereocenters. The summed E-state index contributed by atoms with van der Waals surface area (Å²) in [6.07, 6.45) is 1.14. The molecule has 0 aliphatic heterocycles. The maximum Gasteiger partial charge on any atom is 0.326 e. The van der Waals surface area contributed by atoms with Crippen molar-refractivity contribution in [2.24, 2.45) is 5.10 Å². The Kier molecular flexibility index (Phi) is 5.54. The zero-order valence-corrected chi connectivity index (χ0v) is 13.7. The molecular weight excluding hydrogens is 336 g/mol. The number of carbonyl (C=O) groups excluding carboxylic acids is 1. The number of amides is 1. The topological polar surface area (TPSA) is 116 Å². The Hall–Kier alpha value is -2.87. The second-order valence-electron chi connectivity index (χ2n) is 5.00. The first-order chi connectivity index (χ1) is 11.3. The van der Waals surface area contributed by atoms with Crippen LogP contribution in [-0.4, -0.2) is 28.7 Å². The third-order valence-corrected chi connectivity index (χ3v) is 3.55. The molecule has 9 heteroatoms. The Morgan fingerprint density at radius 2 is 1.92 bits per heavy atom. The lowest BCUT2D eigenvalue weighted by Gasteiger charge is -2.09. The van der Waals surface area contributed by atoms with Gasteiger partial charge in [-0.1, -0.05) is 11.6 Å². The van der Waals surface area contributed by atoms with Gasteiger partial charge in [0.2, 0.25) is 0 Å². The largest absolute Gasteiger partial charge is 0.484 e. The lowest BCUT2D eigenvalue weighted by molar-refractivity contribution is -0.123. The Labute approximate surface area is 141 Å². The zero-order chi connectivity index (χ0) is 17.7. The third-order valence-electron chi connectivity index (χ3n) is 2.95. The highest BCUT2D eigenvalue weighted by atomic mass is 35.5. The fraction of sp³-hybridized carbons (Fsp3) is 0.200. The number of nitrogens with zero attached hydrogens (tertiary/aromatic N) is 1. The van der Waals surface area contributed by atoms with Gasteiger partial charge >= 0.3 is 5.69 Å². The molecule has 1 amide bonds. The van der Waals surface area contributed by atoms with Crippen LogP contribution in [0.25, 0.3) is 0 Å². The fourth-order valence-corrected chi connectivity index (χ4v) is 2.01. The SMILES string of the molecule is Cc1cc(OCC(=O)N/N=C/c2cc(=O)[nH]c(=O)[nH]2)cc(C)c1Cl. The van der Waals surface area contributed by atoms with Gasteiger partial charge in [-0.15, -0.1) is 0 Å². The molecule has 3 N–H and O–H groups in total. The number of hydrogen-bond acceptors (Lipinski definition) is 5. The molecule has 8 nitrogen and oxygen atoms in total. The lowest BCUT2D eigenvalue weighted by Crippen LogP contribution is -2.26. The van der Waals surface area contributed by atoms with E-state index in [1.807, 2.05) is 18.8 Å². The van der Waals surface area contributed by atoms with Gasteiger partial charge in [-0.05, 0) is 37.1 Å². The summed E-state index contributed by atoms with van der Waals surface area (Å²) in [4.78, 5) is 38.2. The average Bonchev–Trinajstić information content (AvgIpc) is 2.49. The van der Waals surface area contributed by atoms with Crippen LogP contribution in [0.15, 0.2) is 32.9 Å². The van der Waals surface area contributed by atoms with Crippen molar-refractivity contribution in [3.63, 3.8) is 0 Å². The molecule has 1 aromatic carbocycles. The van der Waals surface area contributed by atoms with Crippen molar-refractivity contribution in [3.05, 3.63) is 60.9 Å². The number of hydrazone groups is 1. The summed E-state index contributed by atoms with van der Waals surface area (Å²) in [6.45, 7) is 3.44. The maximum absolute atomic E-state index is 11.7. The van der Waals surface area contributed by atoms with Crippen LogP contribution in [-0.2, 0) is 4.79 Å². The van der Waals surface area contributed by atoms with Crippen molar-refractivity contribution < 1.29 is 9.53 Å². The van der Waals surface area contributed by atoms with Crippen LogP contribution in [0.3, 0.4) is 0 Å². The van der Waals surface area contributed by atoms with Gasteiger partial charge in [0.1, 0.15) is 5.75 Å². The van der Waals surface area contributed by atoms with Crippen molar-refractivity contribution in [2.45, 2.75) is 13.8 Å². The zero-order valence-electron chi connectivity index (χ0n) is 13.0. The number of rotatable bonds is 5. The predicted molar refractivity (Wildman–Crippen MR) is 89.8 cm³/mol. The molecular formula is C15H15ClN4O4. The Bertz CT molecular complexity index is 850. The van der Waals surface area contributed by atoms with Crippen molar-refractivity contribution in [1.29, 1.82) is 0 Å². The molecule has 24 heavy (non-hydrogen) atoms. The van der Waals surface area contributed by atoms with Crippen LogP contribution >= 0.6 is 11.6 Å². The number of benzene rings is 1. The summed E-state index contributed by atoms with van der Waals surface area (Å²) in [5, 5.41) is 4.29. The first-order valence-electron chi connectivity index (χ1n) is 6.90. The molecule has 0 saturated heterocycles. The molecule has 2 rings (SSSR count). The van der Waals surface area contributed by atoms with E-state index in [1.54, 1.807) is 12.1 Å². The molecule has 0 aliphatic rings. The van der Waals surface area contributed by atoms with E-state index in [0.717, 1.165) is 23.4 Å². The summed E-state index contributed by atoms with van der Waals surface area (Å²) in [5.74, 6) is 0.0242. The second-order valence-corrected chi connectivity index (χ2v) is 5.37. The summed E-state index contributed by atoms with van der Waals surface area (Å²) < 4.78 is 5.37. The number of halogens is 1. The van der Waals surface area contributed by atoms with E-state index in [9.17, 15) is 14.4 Å². The van der Waals surface area contributed by atoms with Gasteiger partial charge in [-0.3, -0.25) is 14.6 Å². The van der Waals surface area contributed by atoms with Crippen molar-refractivity contribution in [2.75, 3.05) is 6.61 Å². The minimum atomic E-state index is -0.660. The molecule has 0 saturated carbocycles. The quantitative estimate of drug-likeness (QED) is 0.547. The number of aromatic amines is 2. The number of aryl methyl sites for hydroxylation is 2. The molecule has 0 aliphatic carbocycles. The van der Waals surface area contributed by atoms with Gasteiger partial charge in [-0.25, -0.2) is 10.2 Å².